The highest BCUT2D eigenvalue weighted by Crippen LogP contribution is 2.25. The Kier molecular flexibility index (Phi) is 5.14. The number of non-ortho nitro benzene ring substituents is 1. The Hall–Kier alpha value is -3.09. The summed E-state index contributed by atoms with van der Waals surface area (Å²) < 4.78 is 9.84. The lowest BCUT2D eigenvalue weighted by atomic mass is 10.1. The molecule has 120 valence electrons. The third-order valence-electron chi connectivity index (χ3n) is 3.26. The highest BCUT2D eigenvalue weighted by molar-refractivity contribution is 5.89. The normalized spacial score (nSPS) is 10.0. The lowest BCUT2D eigenvalue weighted by molar-refractivity contribution is -0.384. The van der Waals surface area contributed by atoms with E-state index in [1.54, 1.807) is 30.3 Å². The SMILES string of the molecule is COC(=O)c1ccc(NCc2cc([N+](=O)[O-])ccc2OC)cc1. The van der Waals surface area contributed by atoms with Crippen LogP contribution in [0.25, 0.3) is 0 Å². The second kappa shape index (κ2) is 7.26. The fraction of sp³-hybridized carbons (Fsp3) is 0.188. The van der Waals surface area contributed by atoms with Crippen LogP contribution in [0.2, 0.25) is 0 Å². The second-order valence-corrected chi connectivity index (χ2v) is 4.68. The molecule has 0 atom stereocenters. The van der Waals surface area contributed by atoms with Crippen molar-refractivity contribution >= 4 is 17.3 Å². The van der Waals surface area contributed by atoms with Crippen LogP contribution < -0.4 is 10.1 Å². The molecule has 0 amide bonds. The Bertz CT molecular complexity index is 713. The Morgan fingerprint density at radius 1 is 1.17 bits per heavy atom. The van der Waals surface area contributed by atoms with Crippen LogP contribution in [0.15, 0.2) is 42.5 Å². The van der Waals surface area contributed by atoms with Gasteiger partial charge in [-0.3, -0.25) is 10.1 Å². The zero-order valence-electron chi connectivity index (χ0n) is 12.7. The van der Waals surface area contributed by atoms with Crippen molar-refractivity contribution in [2.45, 2.75) is 6.54 Å². The van der Waals surface area contributed by atoms with E-state index in [0.29, 0.717) is 23.4 Å². The summed E-state index contributed by atoms with van der Waals surface area (Å²) in [6, 6.07) is 11.2. The fourth-order valence-corrected chi connectivity index (χ4v) is 2.06. The maximum absolute atomic E-state index is 11.4. The minimum absolute atomic E-state index is 0.00337. The van der Waals surface area contributed by atoms with Crippen LogP contribution in [0, 0.1) is 10.1 Å². The lowest BCUT2D eigenvalue weighted by Gasteiger charge is -2.11. The predicted octanol–water partition coefficient (Wildman–Crippen LogP) is 3.00. The summed E-state index contributed by atoms with van der Waals surface area (Å²) in [7, 11) is 2.83. The van der Waals surface area contributed by atoms with Crippen molar-refractivity contribution < 1.29 is 19.2 Å². The maximum Gasteiger partial charge on any atom is 0.337 e. The van der Waals surface area contributed by atoms with E-state index in [0.717, 1.165) is 5.69 Å². The summed E-state index contributed by atoms with van der Waals surface area (Å²) in [4.78, 5) is 21.8. The van der Waals surface area contributed by atoms with Gasteiger partial charge in [0.05, 0.1) is 24.7 Å². The topological polar surface area (TPSA) is 90.7 Å². The van der Waals surface area contributed by atoms with Crippen LogP contribution in [0.5, 0.6) is 5.75 Å². The van der Waals surface area contributed by atoms with Crippen molar-refractivity contribution in [3.63, 3.8) is 0 Å². The number of ether oxygens (including phenoxy) is 2. The van der Waals surface area contributed by atoms with Gasteiger partial charge in [-0.1, -0.05) is 0 Å². The van der Waals surface area contributed by atoms with E-state index < -0.39 is 10.9 Å². The van der Waals surface area contributed by atoms with Crippen LogP contribution in [0.3, 0.4) is 0 Å². The monoisotopic (exact) mass is 316 g/mol. The summed E-state index contributed by atoms with van der Waals surface area (Å²) in [6.45, 7) is 0.350. The van der Waals surface area contributed by atoms with E-state index >= 15 is 0 Å². The van der Waals surface area contributed by atoms with Crippen molar-refractivity contribution in [1.29, 1.82) is 0 Å². The molecule has 2 aromatic carbocycles. The van der Waals surface area contributed by atoms with Gasteiger partial charge in [0, 0.05) is 29.9 Å². The number of nitrogens with one attached hydrogen (secondary N) is 1. The molecule has 23 heavy (non-hydrogen) atoms. The number of benzene rings is 2. The van der Waals surface area contributed by atoms with Gasteiger partial charge in [0.1, 0.15) is 5.75 Å². The minimum Gasteiger partial charge on any atom is -0.496 e. The number of methoxy groups -OCH3 is 2. The van der Waals surface area contributed by atoms with E-state index in [4.69, 9.17) is 4.74 Å². The molecule has 0 saturated carbocycles. The first kappa shape index (κ1) is 16.3. The highest BCUT2D eigenvalue weighted by atomic mass is 16.6. The van der Waals surface area contributed by atoms with Gasteiger partial charge in [0.15, 0.2) is 0 Å². The molecule has 0 radical (unpaired) electrons. The summed E-state index contributed by atoms with van der Waals surface area (Å²) in [5.74, 6) is 0.159. The van der Waals surface area contributed by atoms with Gasteiger partial charge in [-0.25, -0.2) is 4.79 Å². The number of anilines is 1. The van der Waals surface area contributed by atoms with E-state index in [1.807, 2.05) is 0 Å². The Morgan fingerprint density at radius 2 is 1.87 bits per heavy atom. The molecule has 0 unspecified atom stereocenters. The smallest absolute Gasteiger partial charge is 0.337 e. The number of esters is 1. The van der Waals surface area contributed by atoms with Gasteiger partial charge in [0.25, 0.3) is 5.69 Å². The standard InChI is InChI=1S/C16H16N2O5/c1-22-15-8-7-14(18(20)21)9-12(15)10-17-13-5-3-11(4-6-13)16(19)23-2/h3-9,17H,10H2,1-2H3. The van der Waals surface area contributed by atoms with Crippen molar-refractivity contribution in [1.82, 2.24) is 0 Å². The predicted molar refractivity (Wildman–Crippen MR) is 84.8 cm³/mol. The van der Waals surface area contributed by atoms with Gasteiger partial charge in [-0.05, 0) is 30.3 Å². The Labute approximate surface area is 133 Å². The van der Waals surface area contributed by atoms with Gasteiger partial charge < -0.3 is 14.8 Å². The summed E-state index contributed by atoms with van der Waals surface area (Å²) >= 11 is 0. The molecule has 0 aliphatic rings. The summed E-state index contributed by atoms with van der Waals surface area (Å²) in [5, 5.41) is 14.0. The largest absolute Gasteiger partial charge is 0.496 e. The first-order valence-electron chi connectivity index (χ1n) is 6.78. The lowest BCUT2D eigenvalue weighted by Crippen LogP contribution is -2.04. The minimum atomic E-state index is -0.450. The molecule has 0 spiro atoms. The highest BCUT2D eigenvalue weighted by Gasteiger charge is 2.11. The third kappa shape index (κ3) is 3.97. The molecule has 0 saturated heterocycles. The van der Waals surface area contributed by atoms with Crippen molar-refractivity contribution in [3.8, 4) is 5.75 Å². The Balaban J connectivity index is 2.12. The van der Waals surface area contributed by atoms with E-state index in [-0.39, 0.29) is 5.69 Å². The molecule has 0 heterocycles. The van der Waals surface area contributed by atoms with Crippen LogP contribution in [0.1, 0.15) is 15.9 Å². The molecule has 0 aliphatic heterocycles. The van der Waals surface area contributed by atoms with E-state index in [1.165, 1.54) is 26.4 Å². The second-order valence-electron chi connectivity index (χ2n) is 4.68. The average molecular weight is 316 g/mol. The third-order valence-corrected chi connectivity index (χ3v) is 3.26. The molecule has 2 aromatic rings. The summed E-state index contributed by atoms with van der Waals surface area (Å²) in [6.07, 6.45) is 0. The zero-order valence-corrected chi connectivity index (χ0v) is 12.7. The van der Waals surface area contributed by atoms with Crippen molar-refractivity contribution in [2.24, 2.45) is 0 Å². The number of hydrogen-bond acceptors (Lipinski definition) is 6. The molecule has 0 bridgehead atoms. The maximum atomic E-state index is 11.4. The van der Waals surface area contributed by atoms with Gasteiger partial charge in [-0.15, -0.1) is 0 Å². The van der Waals surface area contributed by atoms with Crippen LogP contribution in [-0.2, 0) is 11.3 Å². The quantitative estimate of drug-likeness (QED) is 0.500. The molecule has 7 nitrogen and oxygen atoms in total. The molecule has 1 N–H and O–H groups in total. The number of nitro groups is 1. The number of carbonyl (C=O) groups excluding carboxylic acids is 1. The first-order valence-corrected chi connectivity index (χ1v) is 6.78. The molecule has 0 aromatic heterocycles. The molecular formula is C16H16N2O5. The number of rotatable bonds is 6. The van der Waals surface area contributed by atoms with Crippen molar-refractivity contribution in [2.75, 3.05) is 19.5 Å². The molecule has 2 rings (SSSR count). The number of hydrogen-bond donors (Lipinski definition) is 1. The zero-order chi connectivity index (χ0) is 16.8. The van der Waals surface area contributed by atoms with Gasteiger partial charge in [0.2, 0.25) is 0 Å². The van der Waals surface area contributed by atoms with Crippen LogP contribution in [0.4, 0.5) is 11.4 Å². The van der Waals surface area contributed by atoms with Crippen LogP contribution >= 0.6 is 0 Å². The van der Waals surface area contributed by atoms with E-state index in [9.17, 15) is 14.9 Å². The molecule has 7 heteroatoms. The van der Waals surface area contributed by atoms with Gasteiger partial charge >= 0.3 is 5.97 Å². The van der Waals surface area contributed by atoms with E-state index in [2.05, 4.69) is 10.1 Å². The van der Waals surface area contributed by atoms with Crippen LogP contribution in [-0.4, -0.2) is 25.1 Å². The summed E-state index contributed by atoms with van der Waals surface area (Å²) in [5.41, 5.74) is 1.89. The first-order chi connectivity index (χ1) is 11.0. The number of carbonyl (C=O) groups is 1. The van der Waals surface area contributed by atoms with Gasteiger partial charge in [-0.2, -0.15) is 0 Å². The molecule has 0 fully saturated rings. The number of nitro benzene ring substituents is 1. The van der Waals surface area contributed by atoms with Crippen molar-refractivity contribution in [3.05, 3.63) is 63.7 Å². The molecular weight excluding hydrogens is 300 g/mol. The number of nitrogens with zero attached hydrogens (tertiary/aromatic N) is 1. The average Bonchev–Trinajstić information content (AvgIpc) is 2.59. The Morgan fingerprint density at radius 3 is 2.43 bits per heavy atom. The molecule has 0 aliphatic carbocycles. The fourth-order valence-electron chi connectivity index (χ4n) is 2.06.